The normalized spacial score (nSPS) is 12.8. The highest BCUT2D eigenvalue weighted by atomic mass is 127. The van der Waals surface area contributed by atoms with E-state index in [9.17, 15) is 0 Å². The average Bonchev–Trinajstić information content (AvgIpc) is 2.61. The number of hydrogen-bond donors (Lipinski definition) is 0. The Hall–Kier alpha value is 0.230. The fourth-order valence-electron chi connectivity index (χ4n) is 1.75. The summed E-state index contributed by atoms with van der Waals surface area (Å²) in [6.45, 7) is 4.21. The molecule has 0 saturated carbocycles. The SMILES string of the molecule is Cc1cc(C(Cl)c2ccc(I)c(Cl)c2)c(C)s1. The fourth-order valence-corrected chi connectivity index (χ4v) is 3.67. The molecule has 0 saturated heterocycles. The molecule has 1 unspecified atom stereocenters. The van der Waals surface area contributed by atoms with E-state index in [2.05, 4.69) is 42.5 Å². The van der Waals surface area contributed by atoms with Crippen molar-refractivity contribution in [2.24, 2.45) is 0 Å². The molecule has 0 amide bonds. The van der Waals surface area contributed by atoms with Gasteiger partial charge in [0.15, 0.2) is 0 Å². The molecule has 1 atom stereocenters. The van der Waals surface area contributed by atoms with Crippen LogP contribution in [0.5, 0.6) is 0 Å². The molecular formula is C13H11Cl2IS. The lowest BCUT2D eigenvalue weighted by atomic mass is 10.1. The predicted octanol–water partition coefficient (Wildman–Crippen LogP) is 5.95. The molecule has 0 spiro atoms. The molecule has 1 aromatic heterocycles. The number of alkyl halides is 1. The zero-order valence-corrected chi connectivity index (χ0v) is 13.9. The first-order valence-electron chi connectivity index (χ1n) is 5.15. The minimum Gasteiger partial charge on any atom is -0.146 e. The van der Waals surface area contributed by atoms with Gasteiger partial charge in [-0.25, -0.2) is 0 Å². The van der Waals surface area contributed by atoms with E-state index >= 15 is 0 Å². The number of thiophene rings is 1. The van der Waals surface area contributed by atoms with E-state index in [1.807, 2.05) is 18.2 Å². The number of halogens is 3. The quantitative estimate of drug-likeness (QED) is 0.434. The highest BCUT2D eigenvalue weighted by molar-refractivity contribution is 14.1. The first-order valence-corrected chi connectivity index (χ1v) is 7.86. The average molecular weight is 397 g/mol. The Morgan fingerprint density at radius 3 is 2.47 bits per heavy atom. The van der Waals surface area contributed by atoms with Gasteiger partial charge in [-0.1, -0.05) is 17.7 Å². The first kappa shape index (κ1) is 13.7. The summed E-state index contributed by atoms with van der Waals surface area (Å²) < 4.78 is 1.05. The lowest BCUT2D eigenvalue weighted by Gasteiger charge is -2.10. The molecule has 2 rings (SSSR count). The monoisotopic (exact) mass is 396 g/mol. The molecule has 17 heavy (non-hydrogen) atoms. The highest BCUT2D eigenvalue weighted by Crippen LogP contribution is 2.36. The first-order chi connectivity index (χ1) is 7.99. The van der Waals surface area contributed by atoms with E-state index < -0.39 is 0 Å². The Labute approximate surface area is 129 Å². The second-order valence-corrected chi connectivity index (χ2v) is 7.37. The predicted molar refractivity (Wildman–Crippen MR) is 85.7 cm³/mol. The van der Waals surface area contributed by atoms with Gasteiger partial charge in [0.25, 0.3) is 0 Å². The lowest BCUT2D eigenvalue weighted by Crippen LogP contribution is -1.93. The molecular weight excluding hydrogens is 386 g/mol. The molecule has 0 aliphatic heterocycles. The Kier molecular flexibility index (Phi) is 4.40. The Balaban J connectivity index is 2.40. The third kappa shape index (κ3) is 2.98. The summed E-state index contributed by atoms with van der Waals surface area (Å²) in [7, 11) is 0. The van der Waals surface area contributed by atoms with Gasteiger partial charge in [0.1, 0.15) is 0 Å². The molecule has 4 heteroatoms. The van der Waals surface area contributed by atoms with Crippen molar-refractivity contribution in [2.45, 2.75) is 19.2 Å². The van der Waals surface area contributed by atoms with E-state index in [1.165, 1.54) is 15.3 Å². The van der Waals surface area contributed by atoms with Crippen molar-refractivity contribution >= 4 is 57.1 Å². The molecule has 2 aromatic rings. The standard InChI is InChI=1S/C13H11Cl2IS/c1-7-5-10(8(2)17-7)13(15)9-3-4-12(16)11(14)6-9/h3-6,13H,1-2H3. The summed E-state index contributed by atoms with van der Waals surface area (Å²) >= 11 is 16.6. The largest absolute Gasteiger partial charge is 0.146 e. The van der Waals surface area contributed by atoms with Crippen LogP contribution in [0.3, 0.4) is 0 Å². The zero-order chi connectivity index (χ0) is 12.6. The minimum absolute atomic E-state index is 0.116. The number of benzene rings is 1. The number of hydrogen-bond acceptors (Lipinski definition) is 1. The summed E-state index contributed by atoms with van der Waals surface area (Å²) in [6, 6.07) is 8.15. The van der Waals surface area contributed by atoms with Crippen LogP contribution in [0.15, 0.2) is 24.3 Å². The van der Waals surface area contributed by atoms with E-state index in [4.69, 9.17) is 23.2 Å². The number of aryl methyl sites for hydroxylation is 2. The van der Waals surface area contributed by atoms with Crippen LogP contribution in [0.1, 0.15) is 26.3 Å². The van der Waals surface area contributed by atoms with Crippen LogP contribution in [-0.4, -0.2) is 0 Å². The molecule has 1 heterocycles. The van der Waals surface area contributed by atoms with Gasteiger partial charge in [-0.3, -0.25) is 0 Å². The van der Waals surface area contributed by atoms with Gasteiger partial charge >= 0.3 is 0 Å². The fraction of sp³-hybridized carbons (Fsp3) is 0.231. The number of rotatable bonds is 2. The molecule has 0 aliphatic carbocycles. The van der Waals surface area contributed by atoms with Crippen molar-refractivity contribution in [3.8, 4) is 0 Å². The van der Waals surface area contributed by atoms with Gasteiger partial charge in [0, 0.05) is 13.3 Å². The van der Waals surface area contributed by atoms with Crippen molar-refractivity contribution in [3.05, 3.63) is 53.7 Å². The topological polar surface area (TPSA) is 0 Å². The van der Waals surface area contributed by atoms with E-state index in [0.717, 1.165) is 14.2 Å². The Bertz CT molecular complexity index is 548. The van der Waals surface area contributed by atoms with Crippen molar-refractivity contribution < 1.29 is 0 Å². The maximum atomic E-state index is 6.52. The van der Waals surface area contributed by atoms with Crippen LogP contribution >= 0.6 is 57.1 Å². The summed E-state index contributed by atoms with van der Waals surface area (Å²) in [5.74, 6) is 0. The lowest BCUT2D eigenvalue weighted by molar-refractivity contribution is 1.13. The minimum atomic E-state index is -0.116. The summed E-state index contributed by atoms with van der Waals surface area (Å²) in [4.78, 5) is 2.57. The third-order valence-corrected chi connectivity index (χ3v) is 5.63. The Morgan fingerprint density at radius 2 is 1.94 bits per heavy atom. The van der Waals surface area contributed by atoms with Gasteiger partial charge in [-0.15, -0.1) is 22.9 Å². The van der Waals surface area contributed by atoms with E-state index in [0.29, 0.717) is 0 Å². The molecule has 0 N–H and O–H groups in total. The highest BCUT2D eigenvalue weighted by Gasteiger charge is 2.16. The molecule has 0 nitrogen and oxygen atoms in total. The molecule has 0 fully saturated rings. The van der Waals surface area contributed by atoms with Crippen LogP contribution in [0, 0.1) is 17.4 Å². The van der Waals surface area contributed by atoms with Crippen LogP contribution in [0.25, 0.3) is 0 Å². The van der Waals surface area contributed by atoms with E-state index in [-0.39, 0.29) is 5.38 Å². The maximum Gasteiger partial charge on any atom is 0.0846 e. The van der Waals surface area contributed by atoms with Crippen molar-refractivity contribution in [1.82, 2.24) is 0 Å². The van der Waals surface area contributed by atoms with Gasteiger partial charge in [-0.05, 0) is 65.8 Å². The smallest absolute Gasteiger partial charge is 0.0846 e. The second kappa shape index (κ2) is 5.47. The Morgan fingerprint density at radius 1 is 1.24 bits per heavy atom. The zero-order valence-electron chi connectivity index (χ0n) is 9.43. The molecule has 1 aromatic carbocycles. The van der Waals surface area contributed by atoms with Crippen LogP contribution in [0.2, 0.25) is 5.02 Å². The van der Waals surface area contributed by atoms with Gasteiger partial charge in [0.05, 0.1) is 10.4 Å². The molecule has 90 valence electrons. The van der Waals surface area contributed by atoms with Gasteiger partial charge in [0.2, 0.25) is 0 Å². The maximum absolute atomic E-state index is 6.52. The van der Waals surface area contributed by atoms with Crippen molar-refractivity contribution in [2.75, 3.05) is 0 Å². The van der Waals surface area contributed by atoms with Crippen LogP contribution in [-0.2, 0) is 0 Å². The third-order valence-electron chi connectivity index (χ3n) is 2.59. The molecule has 0 aliphatic rings. The van der Waals surface area contributed by atoms with Crippen molar-refractivity contribution in [1.29, 1.82) is 0 Å². The van der Waals surface area contributed by atoms with Crippen LogP contribution < -0.4 is 0 Å². The van der Waals surface area contributed by atoms with E-state index in [1.54, 1.807) is 11.3 Å². The molecule has 0 radical (unpaired) electrons. The van der Waals surface area contributed by atoms with Gasteiger partial charge in [-0.2, -0.15) is 0 Å². The molecule has 0 bridgehead atoms. The second-order valence-electron chi connectivity index (χ2n) is 3.90. The van der Waals surface area contributed by atoms with Gasteiger partial charge < -0.3 is 0 Å². The summed E-state index contributed by atoms with van der Waals surface area (Å²) in [6.07, 6.45) is 0. The summed E-state index contributed by atoms with van der Waals surface area (Å²) in [5, 5.41) is 0.646. The van der Waals surface area contributed by atoms with Crippen LogP contribution in [0.4, 0.5) is 0 Å². The summed E-state index contributed by atoms with van der Waals surface area (Å²) in [5.41, 5.74) is 2.24. The van der Waals surface area contributed by atoms with Crippen molar-refractivity contribution in [3.63, 3.8) is 0 Å².